The second-order valence-electron chi connectivity index (χ2n) is 3.34. The predicted octanol–water partition coefficient (Wildman–Crippen LogP) is 3.98. The fraction of sp³-hybridized carbons (Fsp3) is 0.167. The smallest absolute Gasteiger partial charge is 0.188 e. The highest BCUT2D eigenvalue weighted by Crippen LogP contribution is 2.32. The summed E-state index contributed by atoms with van der Waals surface area (Å²) in [7, 11) is 0. The summed E-state index contributed by atoms with van der Waals surface area (Å²) in [6.45, 7) is 2.13. The maximum Gasteiger partial charge on any atom is 0.188 e. The Kier molecular flexibility index (Phi) is 3.80. The molecule has 1 heterocycles. The van der Waals surface area contributed by atoms with Crippen LogP contribution in [-0.4, -0.2) is 9.97 Å². The molecule has 2 aromatic rings. The van der Waals surface area contributed by atoms with Crippen molar-refractivity contribution in [2.24, 2.45) is 0 Å². The van der Waals surface area contributed by atoms with Crippen molar-refractivity contribution in [1.29, 1.82) is 0 Å². The summed E-state index contributed by atoms with van der Waals surface area (Å²) in [5.41, 5.74) is 1.22. The average molecular weight is 251 g/mol. The third-order valence-corrected chi connectivity index (χ3v) is 3.46. The molecule has 0 bridgehead atoms. The highest BCUT2D eigenvalue weighted by Gasteiger charge is 2.08. The Morgan fingerprint density at radius 2 is 1.75 bits per heavy atom. The zero-order valence-corrected chi connectivity index (χ0v) is 10.4. The molecule has 16 heavy (non-hydrogen) atoms. The number of hydrogen-bond acceptors (Lipinski definition) is 3. The lowest BCUT2D eigenvalue weighted by Crippen LogP contribution is -1.91. The van der Waals surface area contributed by atoms with E-state index < -0.39 is 0 Å². The van der Waals surface area contributed by atoms with Crippen LogP contribution in [0, 0.1) is 0 Å². The first kappa shape index (κ1) is 11.4. The topological polar surface area (TPSA) is 25.8 Å². The Hall–Kier alpha value is -1.06. The Morgan fingerprint density at radius 3 is 2.38 bits per heavy atom. The predicted molar refractivity (Wildman–Crippen MR) is 67.8 cm³/mol. The monoisotopic (exact) mass is 250 g/mol. The van der Waals surface area contributed by atoms with Crippen LogP contribution in [0.25, 0.3) is 0 Å². The molecule has 0 saturated carbocycles. The van der Waals surface area contributed by atoms with Crippen LogP contribution in [0.5, 0.6) is 0 Å². The zero-order valence-electron chi connectivity index (χ0n) is 8.80. The molecule has 0 saturated heterocycles. The molecule has 1 aromatic heterocycles. The van der Waals surface area contributed by atoms with Crippen molar-refractivity contribution in [2.75, 3.05) is 0 Å². The molecule has 1 unspecified atom stereocenters. The molecule has 0 aliphatic carbocycles. The van der Waals surface area contributed by atoms with Gasteiger partial charge in [0.2, 0.25) is 0 Å². The fourth-order valence-electron chi connectivity index (χ4n) is 1.31. The van der Waals surface area contributed by atoms with Crippen LogP contribution >= 0.6 is 23.4 Å². The molecule has 0 radical (unpaired) electrons. The molecule has 1 aromatic carbocycles. The summed E-state index contributed by atoms with van der Waals surface area (Å²) < 4.78 is 0. The molecule has 0 aliphatic heterocycles. The zero-order chi connectivity index (χ0) is 11.4. The Morgan fingerprint density at radius 1 is 1.12 bits per heavy atom. The van der Waals surface area contributed by atoms with Crippen molar-refractivity contribution in [3.8, 4) is 0 Å². The highest BCUT2D eigenvalue weighted by atomic mass is 35.5. The molecule has 0 spiro atoms. The van der Waals surface area contributed by atoms with Crippen molar-refractivity contribution < 1.29 is 0 Å². The minimum Gasteiger partial charge on any atom is -0.231 e. The van der Waals surface area contributed by atoms with Gasteiger partial charge in [-0.05, 0) is 30.7 Å². The average Bonchev–Trinajstić information content (AvgIpc) is 2.31. The summed E-state index contributed by atoms with van der Waals surface area (Å²) in [4.78, 5) is 8.38. The summed E-state index contributed by atoms with van der Waals surface area (Å²) in [5.74, 6) is 0. The molecule has 0 fully saturated rings. The third-order valence-electron chi connectivity index (χ3n) is 2.16. The van der Waals surface area contributed by atoms with Crippen LogP contribution in [0.2, 0.25) is 5.02 Å². The molecule has 2 rings (SSSR count). The van der Waals surface area contributed by atoms with E-state index in [0.717, 1.165) is 10.2 Å². The van der Waals surface area contributed by atoms with Gasteiger partial charge in [0.1, 0.15) is 0 Å². The van der Waals surface area contributed by atoms with Gasteiger partial charge in [-0.2, -0.15) is 0 Å². The molecule has 1 atom stereocenters. The molecule has 4 heteroatoms. The lowest BCUT2D eigenvalue weighted by molar-refractivity contribution is 0.952. The van der Waals surface area contributed by atoms with Gasteiger partial charge in [0.05, 0.1) is 0 Å². The van der Waals surface area contributed by atoms with E-state index in [1.165, 1.54) is 5.56 Å². The molecular formula is C12H11ClN2S. The number of rotatable bonds is 3. The van der Waals surface area contributed by atoms with Crippen molar-refractivity contribution in [1.82, 2.24) is 9.97 Å². The van der Waals surface area contributed by atoms with Gasteiger partial charge in [-0.25, -0.2) is 9.97 Å². The number of hydrogen-bond donors (Lipinski definition) is 0. The van der Waals surface area contributed by atoms with E-state index in [2.05, 4.69) is 16.9 Å². The third kappa shape index (κ3) is 2.97. The second-order valence-corrected chi connectivity index (χ2v) is 5.09. The minimum atomic E-state index is 0.319. The van der Waals surface area contributed by atoms with Gasteiger partial charge in [0.15, 0.2) is 5.16 Å². The summed E-state index contributed by atoms with van der Waals surface area (Å²) >= 11 is 7.48. The molecular weight excluding hydrogens is 240 g/mol. The van der Waals surface area contributed by atoms with Gasteiger partial charge in [-0.1, -0.05) is 35.5 Å². The normalized spacial score (nSPS) is 12.4. The first-order chi connectivity index (χ1) is 7.75. The van der Waals surface area contributed by atoms with Crippen LogP contribution in [0.15, 0.2) is 47.9 Å². The molecule has 0 amide bonds. The van der Waals surface area contributed by atoms with Crippen LogP contribution in [0.1, 0.15) is 17.7 Å². The van der Waals surface area contributed by atoms with E-state index in [0.29, 0.717) is 5.25 Å². The van der Waals surface area contributed by atoms with Crippen LogP contribution < -0.4 is 0 Å². The SMILES string of the molecule is CC(Sc1ncccn1)c1ccc(Cl)cc1. The number of halogens is 1. The molecule has 0 N–H and O–H groups in total. The second kappa shape index (κ2) is 5.32. The van der Waals surface area contributed by atoms with E-state index in [1.807, 2.05) is 30.3 Å². The maximum absolute atomic E-state index is 5.85. The quantitative estimate of drug-likeness (QED) is 0.609. The van der Waals surface area contributed by atoms with Gasteiger partial charge in [0.25, 0.3) is 0 Å². The lowest BCUT2D eigenvalue weighted by atomic mass is 10.2. The molecule has 82 valence electrons. The van der Waals surface area contributed by atoms with Crippen LogP contribution in [0.3, 0.4) is 0 Å². The van der Waals surface area contributed by atoms with Crippen molar-refractivity contribution >= 4 is 23.4 Å². The largest absolute Gasteiger partial charge is 0.231 e. The van der Waals surface area contributed by atoms with E-state index in [-0.39, 0.29) is 0 Å². The van der Waals surface area contributed by atoms with E-state index in [4.69, 9.17) is 11.6 Å². The number of nitrogens with zero attached hydrogens (tertiary/aromatic N) is 2. The van der Waals surface area contributed by atoms with Gasteiger partial charge < -0.3 is 0 Å². The van der Waals surface area contributed by atoms with Crippen molar-refractivity contribution in [3.63, 3.8) is 0 Å². The Labute approximate surface area is 104 Å². The van der Waals surface area contributed by atoms with Crippen molar-refractivity contribution in [2.45, 2.75) is 17.3 Å². The van der Waals surface area contributed by atoms with Gasteiger partial charge in [0, 0.05) is 22.7 Å². The maximum atomic E-state index is 5.85. The lowest BCUT2D eigenvalue weighted by Gasteiger charge is -2.09. The highest BCUT2D eigenvalue weighted by molar-refractivity contribution is 7.99. The number of thioether (sulfide) groups is 1. The van der Waals surface area contributed by atoms with E-state index >= 15 is 0 Å². The number of aromatic nitrogens is 2. The van der Waals surface area contributed by atoms with Crippen LogP contribution in [-0.2, 0) is 0 Å². The number of benzene rings is 1. The van der Waals surface area contributed by atoms with Crippen molar-refractivity contribution in [3.05, 3.63) is 53.3 Å². The fourth-order valence-corrected chi connectivity index (χ4v) is 2.29. The molecule has 0 aliphatic rings. The summed E-state index contributed by atoms with van der Waals surface area (Å²) in [6, 6.07) is 9.68. The first-order valence-electron chi connectivity index (χ1n) is 4.95. The Balaban J connectivity index is 2.09. The Bertz CT molecular complexity index is 444. The van der Waals surface area contributed by atoms with E-state index in [9.17, 15) is 0 Å². The standard InChI is InChI=1S/C12H11ClN2S/c1-9(10-3-5-11(13)6-4-10)16-12-14-7-2-8-15-12/h2-9H,1H3. The van der Waals surface area contributed by atoms with Crippen LogP contribution in [0.4, 0.5) is 0 Å². The van der Waals surface area contributed by atoms with E-state index in [1.54, 1.807) is 24.2 Å². The summed E-state index contributed by atoms with van der Waals surface area (Å²) in [6.07, 6.45) is 3.51. The molecule has 2 nitrogen and oxygen atoms in total. The first-order valence-corrected chi connectivity index (χ1v) is 6.20. The van der Waals surface area contributed by atoms with Gasteiger partial charge >= 0.3 is 0 Å². The minimum absolute atomic E-state index is 0.319. The summed E-state index contributed by atoms with van der Waals surface area (Å²) in [5, 5.41) is 1.88. The van der Waals surface area contributed by atoms with Gasteiger partial charge in [-0.3, -0.25) is 0 Å². The van der Waals surface area contributed by atoms with Gasteiger partial charge in [-0.15, -0.1) is 0 Å².